The highest BCUT2D eigenvalue weighted by Gasteiger charge is 2.36. The third-order valence-corrected chi connectivity index (χ3v) is 3.75. The number of hydrogen-bond acceptors (Lipinski definition) is 3. The van der Waals surface area contributed by atoms with Crippen molar-refractivity contribution in [2.45, 2.75) is 46.6 Å². The summed E-state index contributed by atoms with van der Waals surface area (Å²) in [6, 6.07) is 0. The van der Waals surface area contributed by atoms with Crippen molar-refractivity contribution < 1.29 is 5.11 Å². The summed E-state index contributed by atoms with van der Waals surface area (Å²) in [6.45, 7) is 11.3. The van der Waals surface area contributed by atoms with Crippen LogP contribution in [0.5, 0.6) is 0 Å². The predicted molar refractivity (Wildman–Crippen MR) is 70.3 cm³/mol. The molecule has 0 amide bonds. The van der Waals surface area contributed by atoms with E-state index >= 15 is 0 Å². The molecule has 0 spiro atoms. The molecule has 1 unspecified atom stereocenters. The van der Waals surface area contributed by atoms with E-state index in [1.807, 2.05) is 6.20 Å². The van der Waals surface area contributed by atoms with Gasteiger partial charge in [0.05, 0.1) is 11.4 Å². The quantitative estimate of drug-likeness (QED) is 0.785. The second-order valence-corrected chi connectivity index (χ2v) is 6.00. The minimum absolute atomic E-state index is 0.161. The van der Waals surface area contributed by atoms with E-state index in [0.717, 1.165) is 17.9 Å². The first-order valence-electron chi connectivity index (χ1n) is 6.26. The molecule has 2 rings (SSSR count). The summed E-state index contributed by atoms with van der Waals surface area (Å²) in [5.41, 5.74) is 4.14. The average molecular weight is 234 g/mol. The van der Waals surface area contributed by atoms with Crippen LogP contribution in [-0.4, -0.2) is 16.6 Å². The van der Waals surface area contributed by atoms with E-state index in [1.54, 1.807) is 0 Å². The van der Waals surface area contributed by atoms with Crippen LogP contribution in [0.15, 0.2) is 6.20 Å². The number of aliphatic hydroxyl groups is 1. The van der Waals surface area contributed by atoms with E-state index < -0.39 is 6.10 Å². The van der Waals surface area contributed by atoms with Crippen LogP contribution in [0.2, 0.25) is 0 Å². The van der Waals surface area contributed by atoms with Crippen LogP contribution in [0, 0.1) is 12.3 Å². The van der Waals surface area contributed by atoms with Crippen molar-refractivity contribution in [3.63, 3.8) is 0 Å². The van der Waals surface area contributed by atoms with Gasteiger partial charge in [-0.25, -0.2) is 0 Å². The van der Waals surface area contributed by atoms with Gasteiger partial charge in [-0.2, -0.15) is 0 Å². The Morgan fingerprint density at radius 3 is 2.71 bits per heavy atom. The zero-order valence-electron chi connectivity index (χ0n) is 11.3. The number of pyridine rings is 1. The van der Waals surface area contributed by atoms with Crippen LogP contribution >= 0.6 is 0 Å². The molecule has 94 valence electrons. The van der Waals surface area contributed by atoms with Crippen molar-refractivity contribution in [3.05, 3.63) is 23.0 Å². The average Bonchev–Trinajstić information content (AvgIpc) is 2.24. The lowest BCUT2D eigenvalue weighted by Gasteiger charge is -2.37. The number of nitrogens with zero attached hydrogens (tertiary/aromatic N) is 1. The highest BCUT2D eigenvalue weighted by atomic mass is 16.3. The summed E-state index contributed by atoms with van der Waals surface area (Å²) < 4.78 is 0. The summed E-state index contributed by atoms with van der Waals surface area (Å²) in [4.78, 5) is 4.47. The van der Waals surface area contributed by atoms with Gasteiger partial charge in [0.25, 0.3) is 0 Å². The van der Waals surface area contributed by atoms with E-state index in [0.29, 0.717) is 5.92 Å². The minimum atomic E-state index is -0.487. The molecular weight excluding hydrogens is 212 g/mol. The summed E-state index contributed by atoms with van der Waals surface area (Å²) in [5, 5.41) is 13.8. The number of nitrogens with one attached hydrogen (secondary N) is 1. The topological polar surface area (TPSA) is 45.2 Å². The van der Waals surface area contributed by atoms with Gasteiger partial charge in [-0.3, -0.25) is 4.98 Å². The Kier molecular flexibility index (Phi) is 2.90. The Balaban J connectivity index is 2.53. The highest BCUT2D eigenvalue weighted by molar-refractivity contribution is 5.60. The Hall–Kier alpha value is -1.09. The molecule has 1 aliphatic heterocycles. The number of aromatic nitrogens is 1. The molecule has 0 saturated heterocycles. The van der Waals surface area contributed by atoms with Crippen LogP contribution in [0.4, 0.5) is 5.69 Å². The molecule has 1 aliphatic rings. The number of aliphatic hydroxyl groups excluding tert-OH is 1. The van der Waals surface area contributed by atoms with Crippen molar-refractivity contribution in [2.24, 2.45) is 5.41 Å². The first kappa shape index (κ1) is 12.4. The number of hydrogen-bond donors (Lipinski definition) is 2. The Morgan fingerprint density at radius 2 is 2.12 bits per heavy atom. The zero-order chi connectivity index (χ0) is 12.8. The number of anilines is 1. The normalized spacial score (nSPS) is 22.2. The van der Waals surface area contributed by atoms with Crippen LogP contribution in [0.3, 0.4) is 0 Å². The molecule has 17 heavy (non-hydrogen) atoms. The van der Waals surface area contributed by atoms with Crippen LogP contribution < -0.4 is 5.32 Å². The third kappa shape index (κ3) is 1.93. The van der Waals surface area contributed by atoms with Crippen LogP contribution in [-0.2, 0) is 0 Å². The van der Waals surface area contributed by atoms with Gasteiger partial charge >= 0.3 is 0 Å². The maximum Gasteiger partial charge on any atom is 0.105 e. The summed E-state index contributed by atoms with van der Waals surface area (Å²) in [7, 11) is 0. The Bertz CT molecular complexity index is 438. The number of rotatable bonds is 1. The lowest BCUT2D eigenvalue weighted by Crippen LogP contribution is -2.36. The molecule has 3 heteroatoms. The predicted octanol–water partition coefficient (Wildman–Crippen LogP) is 3.00. The second kappa shape index (κ2) is 3.98. The second-order valence-electron chi connectivity index (χ2n) is 6.00. The number of fused-ring (bicyclic) bond motifs is 1. The smallest absolute Gasteiger partial charge is 0.105 e. The van der Waals surface area contributed by atoms with Crippen molar-refractivity contribution in [1.82, 2.24) is 4.98 Å². The van der Waals surface area contributed by atoms with Gasteiger partial charge in [0.1, 0.15) is 6.10 Å². The molecule has 1 aromatic heterocycles. The van der Waals surface area contributed by atoms with Gasteiger partial charge < -0.3 is 10.4 Å². The lowest BCUT2D eigenvalue weighted by molar-refractivity contribution is 0.0501. The summed E-state index contributed by atoms with van der Waals surface area (Å²) >= 11 is 0. The van der Waals surface area contributed by atoms with Gasteiger partial charge in [-0.15, -0.1) is 0 Å². The Labute approximate surface area is 103 Å². The van der Waals surface area contributed by atoms with Crippen molar-refractivity contribution in [2.75, 3.05) is 11.9 Å². The highest BCUT2D eigenvalue weighted by Crippen LogP contribution is 2.42. The first-order chi connectivity index (χ1) is 7.84. The van der Waals surface area contributed by atoms with Gasteiger partial charge in [-0.05, 0) is 24.0 Å². The fourth-order valence-corrected chi connectivity index (χ4v) is 2.43. The molecule has 0 bridgehead atoms. The van der Waals surface area contributed by atoms with Crippen molar-refractivity contribution in [3.8, 4) is 0 Å². The van der Waals surface area contributed by atoms with Gasteiger partial charge in [0.15, 0.2) is 0 Å². The fourth-order valence-electron chi connectivity index (χ4n) is 2.43. The van der Waals surface area contributed by atoms with Crippen molar-refractivity contribution in [1.29, 1.82) is 0 Å². The van der Waals surface area contributed by atoms with Gasteiger partial charge in [0.2, 0.25) is 0 Å². The van der Waals surface area contributed by atoms with E-state index in [-0.39, 0.29) is 5.41 Å². The fraction of sp³-hybridized carbons (Fsp3) is 0.643. The first-order valence-corrected chi connectivity index (χ1v) is 6.26. The lowest BCUT2D eigenvalue weighted by atomic mass is 9.80. The van der Waals surface area contributed by atoms with E-state index in [2.05, 4.69) is 44.9 Å². The van der Waals surface area contributed by atoms with E-state index in [4.69, 9.17) is 0 Å². The summed E-state index contributed by atoms with van der Waals surface area (Å²) in [6.07, 6.45) is 1.42. The molecule has 0 aliphatic carbocycles. The molecule has 0 saturated carbocycles. The third-order valence-electron chi connectivity index (χ3n) is 3.75. The monoisotopic (exact) mass is 234 g/mol. The molecule has 3 nitrogen and oxygen atoms in total. The molecule has 0 fully saturated rings. The standard InChI is InChI=1S/C14H22N2O/c1-8(2)10-6-15-12-11(9(10)3)16-7-14(4,5)13(12)17/h6,8,13,16-17H,7H2,1-5H3. The molecule has 2 heterocycles. The summed E-state index contributed by atoms with van der Waals surface area (Å²) in [5.74, 6) is 0.460. The van der Waals surface area contributed by atoms with Gasteiger partial charge in [0, 0.05) is 18.2 Å². The molecule has 2 N–H and O–H groups in total. The van der Waals surface area contributed by atoms with Crippen LogP contribution in [0.1, 0.15) is 56.5 Å². The maximum atomic E-state index is 10.3. The molecule has 0 radical (unpaired) electrons. The largest absolute Gasteiger partial charge is 0.386 e. The van der Waals surface area contributed by atoms with Gasteiger partial charge in [-0.1, -0.05) is 27.7 Å². The molecule has 1 aromatic rings. The molecular formula is C14H22N2O. The van der Waals surface area contributed by atoms with Crippen molar-refractivity contribution >= 4 is 5.69 Å². The SMILES string of the molecule is Cc1c(C(C)C)cnc2c1NCC(C)(C)C2O. The van der Waals surface area contributed by atoms with Crippen LogP contribution in [0.25, 0.3) is 0 Å². The minimum Gasteiger partial charge on any atom is -0.386 e. The Morgan fingerprint density at radius 1 is 1.47 bits per heavy atom. The van der Waals surface area contributed by atoms with E-state index in [1.165, 1.54) is 11.1 Å². The van der Waals surface area contributed by atoms with E-state index in [9.17, 15) is 5.11 Å². The molecule has 0 aromatic carbocycles. The maximum absolute atomic E-state index is 10.3. The molecule has 1 atom stereocenters. The zero-order valence-corrected chi connectivity index (χ0v) is 11.3.